The molecule has 1 heterocycles. The lowest BCUT2D eigenvalue weighted by molar-refractivity contribution is -0.141. The number of carbonyl (C=O) groups is 2. The molecular weight excluding hydrogens is 264 g/mol. The molecule has 1 aliphatic rings. The Bertz CT molecular complexity index is 466. The topological polar surface area (TPSA) is 79.3 Å². The molecule has 6 heteroatoms. The molecule has 2 rings (SSSR count). The SMILES string of the molecule is Cc1ncc(C(=O)NC(C(=O)O)C2CCCCC2)s1. The van der Waals surface area contributed by atoms with Gasteiger partial charge >= 0.3 is 5.97 Å². The van der Waals surface area contributed by atoms with E-state index < -0.39 is 12.0 Å². The van der Waals surface area contributed by atoms with Crippen LogP contribution in [-0.2, 0) is 4.79 Å². The van der Waals surface area contributed by atoms with Gasteiger partial charge in [0.1, 0.15) is 10.9 Å². The van der Waals surface area contributed by atoms with Crippen LogP contribution in [0.25, 0.3) is 0 Å². The molecule has 1 amide bonds. The van der Waals surface area contributed by atoms with Crippen LogP contribution < -0.4 is 5.32 Å². The third-order valence-electron chi connectivity index (χ3n) is 3.52. The zero-order valence-electron chi connectivity index (χ0n) is 10.9. The van der Waals surface area contributed by atoms with E-state index >= 15 is 0 Å². The lowest BCUT2D eigenvalue weighted by Gasteiger charge is -2.27. The van der Waals surface area contributed by atoms with Crippen molar-refractivity contribution < 1.29 is 14.7 Å². The second-order valence-electron chi connectivity index (χ2n) is 4.93. The van der Waals surface area contributed by atoms with Gasteiger partial charge in [-0.15, -0.1) is 11.3 Å². The number of thiazole rings is 1. The van der Waals surface area contributed by atoms with E-state index in [-0.39, 0.29) is 11.8 Å². The Morgan fingerprint density at radius 2 is 2.11 bits per heavy atom. The molecule has 0 radical (unpaired) electrons. The molecule has 2 N–H and O–H groups in total. The van der Waals surface area contributed by atoms with Crippen molar-refractivity contribution in [2.75, 3.05) is 0 Å². The van der Waals surface area contributed by atoms with Gasteiger partial charge in [0.25, 0.3) is 5.91 Å². The normalized spacial score (nSPS) is 17.9. The van der Waals surface area contributed by atoms with Crippen LogP contribution in [0.2, 0.25) is 0 Å². The molecule has 0 spiro atoms. The molecule has 0 bridgehead atoms. The third-order valence-corrected chi connectivity index (χ3v) is 4.43. The van der Waals surface area contributed by atoms with Gasteiger partial charge in [-0.3, -0.25) is 4.79 Å². The summed E-state index contributed by atoms with van der Waals surface area (Å²) in [7, 11) is 0. The molecular formula is C13H18N2O3S. The number of aryl methyl sites for hydroxylation is 1. The van der Waals surface area contributed by atoms with Crippen LogP contribution in [0.15, 0.2) is 6.20 Å². The molecule has 1 saturated carbocycles. The van der Waals surface area contributed by atoms with Crippen LogP contribution in [0.3, 0.4) is 0 Å². The quantitative estimate of drug-likeness (QED) is 0.887. The predicted molar refractivity (Wildman–Crippen MR) is 72.3 cm³/mol. The molecule has 1 atom stereocenters. The summed E-state index contributed by atoms with van der Waals surface area (Å²) in [6.07, 6.45) is 6.49. The van der Waals surface area contributed by atoms with Crippen molar-refractivity contribution in [1.82, 2.24) is 10.3 Å². The molecule has 1 aromatic rings. The monoisotopic (exact) mass is 282 g/mol. The maximum absolute atomic E-state index is 12.0. The van der Waals surface area contributed by atoms with E-state index in [1.54, 1.807) is 0 Å². The Labute approximate surface area is 116 Å². The molecule has 104 valence electrons. The first-order chi connectivity index (χ1) is 9.08. The second kappa shape index (κ2) is 6.14. The van der Waals surface area contributed by atoms with Gasteiger partial charge in [-0.25, -0.2) is 9.78 Å². The lowest BCUT2D eigenvalue weighted by Crippen LogP contribution is -2.46. The Hall–Kier alpha value is -1.43. The highest BCUT2D eigenvalue weighted by molar-refractivity contribution is 7.13. The fourth-order valence-electron chi connectivity index (χ4n) is 2.53. The minimum Gasteiger partial charge on any atom is -0.480 e. The van der Waals surface area contributed by atoms with Gasteiger partial charge in [0.2, 0.25) is 0 Å². The molecule has 19 heavy (non-hydrogen) atoms. The van der Waals surface area contributed by atoms with E-state index in [2.05, 4.69) is 10.3 Å². The highest BCUT2D eigenvalue weighted by Gasteiger charge is 2.31. The third kappa shape index (κ3) is 3.53. The summed E-state index contributed by atoms with van der Waals surface area (Å²) in [6.45, 7) is 1.82. The maximum Gasteiger partial charge on any atom is 0.326 e. The number of carboxylic acids is 1. The number of carbonyl (C=O) groups excluding carboxylic acids is 1. The maximum atomic E-state index is 12.0. The van der Waals surface area contributed by atoms with Crippen LogP contribution in [-0.4, -0.2) is 28.0 Å². The molecule has 1 unspecified atom stereocenters. The molecule has 5 nitrogen and oxygen atoms in total. The number of nitrogens with one attached hydrogen (secondary N) is 1. The predicted octanol–water partition coefficient (Wildman–Crippen LogP) is 2.21. The zero-order valence-corrected chi connectivity index (χ0v) is 11.7. The summed E-state index contributed by atoms with van der Waals surface area (Å²) in [4.78, 5) is 27.8. The summed E-state index contributed by atoms with van der Waals surface area (Å²) in [6, 6.07) is -0.782. The molecule has 0 saturated heterocycles. The van der Waals surface area contributed by atoms with Gasteiger partial charge in [0, 0.05) is 0 Å². The van der Waals surface area contributed by atoms with Crippen molar-refractivity contribution >= 4 is 23.2 Å². The van der Waals surface area contributed by atoms with E-state index in [0.717, 1.165) is 37.1 Å². The van der Waals surface area contributed by atoms with E-state index in [1.807, 2.05) is 6.92 Å². The molecule has 0 aromatic carbocycles. The zero-order chi connectivity index (χ0) is 13.8. The number of aliphatic carboxylic acids is 1. The standard InChI is InChI=1S/C13H18N2O3S/c1-8-14-7-10(19-8)12(16)15-11(13(17)18)9-5-3-2-4-6-9/h7,9,11H,2-6H2,1H3,(H,15,16)(H,17,18). The minimum atomic E-state index is -0.943. The van der Waals surface area contributed by atoms with Crippen molar-refractivity contribution in [2.45, 2.75) is 45.1 Å². The van der Waals surface area contributed by atoms with E-state index in [1.165, 1.54) is 17.5 Å². The van der Waals surface area contributed by atoms with Crippen molar-refractivity contribution in [1.29, 1.82) is 0 Å². The number of rotatable bonds is 4. The van der Waals surface area contributed by atoms with Crippen LogP contribution in [0, 0.1) is 12.8 Å². The first-order valence-corrected chi connectivity index (χ1v) is 7.35. The fourth-order valence-corrected chi connectivity index (χ4v) is 3.21. The second-order valence-corrected chi connectivity index (χ2v) is 6.17. The highest BCUT2D eigenvalue weighted by atomic mass is 32.1. The Kier molecular flexibility index (Phi) is 4.52. The number of nitrogens with zero attached hydrogens (tertiary/aromatic N) is 1. The Morgan fingerprint density at radius 3 is 2.63 bits per heavy atom. The Morgan fingerprint density at radius 1 is 1.42 bits per heavy atom. The van der Waals surface area contributed by atoms with Gasteiger partial charge < -0.3 is 10.4 Å². The smallest absolute Gasteiger partial charge is 0.326 e. The minimum absolute atomic E-state index is 0.0456. The molecule has 1 aliphatic carbocycles. The van der Waals surface area contributed by atoms with Crippen molar-refractivity contribution in [3.05, 3.63) is 16.1 Å². The van der Waals surface area contributed by atoms with Crippen LogP contribution in [0.5, 0.6) is 0 Å². The van der Waals surface area contributed by atoms with Gasteiger partial charge in [-0.1, -0.05) is 19.3 Å². The van der Waals surface area contributed by atoms with Crippen LogP contribution >= 0.6 is 11.3 Å². The average Bonchev–Trinajstić information content (AvgIpc) is 2.83. The number of carboxylic acid groups (broad SMARTS) is 1. The summed E-state index contributed by atoms with van der Waals surface area (Å²) >= 11 is 1.28. The van der Waals surface area contributed by atoms with Crippen molar-refractivity contribution in [3.63, 3.8) is 0 Å². The first kappa shape index (κ1) is 14.0. The molecule has 1 fully saturated rings. The summed E-state index contributed by atoms with van der Waals surface area (Å²) in [5.74, 6) is -1.23. The lowest BCUT2D eigenvalue weighted by atomic mass is 9.84. The number of hydrogen-bond donors (Lipinski definition) is 2. The fraction of sp³-hybridized carbons (Fsp3) is 0.615. The van der Waals surface area contributed by atoms with E-state index in [4.69, 9.17) is 0 Å². The summed E-state index contributed by atoms with van der Waals surface area (Å²) < 4.78 is 0. The number of aromatic nitrogens is 1. The van der Waals surface area contributed by atoms with Gasteiger partial charge in [0.15, 0.2) is 0 Å². The Balaban J connectivity index is 2.04. The first-order valence-electron chi connectivity index (χ1n) is 6.54. The number of amides is 1. The summed E-state index contributed by atoms with van der Waals surface area (Å²) in [5.41, 5.74) is 0. The van der Waals surface area contributed by atoms with E-state index in [0.29, 0.717) is 4.88 Å². The van der Waals surface area contributed by atoms with Gasteiger partial charge in [-0.05, 0) is 25.7 Å². The number of hydrogen-bond acceptors (Lipinski definition) is 4. The van der Waals surface area contributed by atoms with Gasteiger partial charge in [0.05, 0.1) is 11.2 Å². The van der Waals surface area contributed by atoms with Crippen LogP contribution in [0.1, 0.15) is 46.8 Å². The summed E-state index contributed by atoms with van der Waals surface area (Å²) in [5, 5.41) is 12.7. The average molecular weight is 282 g/mol. The van der Waals surface area contributed by atoms with E-state index in [9.17, 15) is 14.7 Å². The van der Waals surface area contributed by atoms with Crippen molar-refractivity contribution in [2.24, 2.45) is 5.92 Å². The van der Waals surface area contributed by atoms with Gasteiger partial charge in [-0.2, -0.15) is 0 Å². The van der Waals surface area contributed by atoms with Crippen LogP contribution in [0.4, 0.5) is 0 Å². The largest absolute Gasteiger partial charge is 0.480 e. The highest BCUT2D eigenvalue weighted by Crippen LogP contribution is 2.27. The molecule has 0 aliphatic heterocycles. The van der Waals surface area contributed by atoms with Crippen molar-refractivity contribution in [3.8, 4) is 0 Å². The molecule has 1 aromatic heterocycles.